The van der Waals surface area contributed by atoms with Crippen LogP contribution >= 0.6 is 11.3 Å². The topological polar surface area (TPSA) is 218 Å². The SMILES string of the molecule is NC(N)=NCCC[C@H](NC(=O)Cn1cccc(NS(=O)(=O)c2ccc3cc(N)ccc3c2)c1=O)C(=O)c1nccs1. The molecule has 0 aliphatic heterocycles. The highest BCUT2D eigenvalue weighted by Gasteiger charge is 2.24. The Morgan fingerprint density at radius 1 is 1.10 bits per heavy atom. The Labute approximate surface area is 239 Å². The zero-order valence-corrected chi connectivity index (χ0v) is 23.3. The molecule has 0 radical (unpaired) electrons. The van der Waals surface area contributed by atoms with Crippen molar-refractivity contribution in [3.05, 3.63) is 81.7 Å². The number of nitrogens with two attached hydrogens (primary N) is 3. The molecule has 8 N–H and O–H groups in total. The fourth-order valence-electron chi connectivity index (χ4n) is 4.01. The first-order chi connectivity index (χ1) is 19.5. The number of rotatable bonds is 12. The summed E-state index contributed by atoms with van der Waals surface area (Å²) in [6, 6.07) is 11.4. The Balaban J connectivity index is 1.48. The lowest BCUT2D eigenvalue weighted by Gasteiger charge is -2.17. The number of amides is 1. The molecule has 0 bridgehead atoms. The molecule has 2 aromatic heterocycles. The van der Waals surface area contributed by atoms with Crippen LogP contribution in [-0.2, 0) is 21.4 Å². The fourth-order valence-corrected chi connectivity index (χ4v) is 5.74. The maximum absolute atomic E-state index is 13.1. The fraction of sp³-hybridized carbons (Fsp3) is 0.192. The summed E-state index contributed by atoms with van der Waals surface area (Å²) in [7, 11) is -4.13. The van der Waals surface area contributed by atoms with E-state index >= 15 is 0 Å². The van der Waals surface area contributed by atoms with E-state index in [1.54, 1.807) is 29.6 Å². The van der Waals surface area contributed by atoms with Gasteiger partial charge >= 0.3 is 0 Å². The van der Waals surface area contributed by atoms with Crippen LogP contribution in [0.25, 0.3) is 10.8 Å². The summed E-state index contributed by atoms with van der Waals surface area (Å²) in [6.45, 7) is -0.200. The highest BCUT2D eigenvalue weighted by molar-refractivity contribution is 7.92. The van der Waals surface area contributed by atoms with Gasteiger partial charge in [-0.15, -0.1) is 11.3 Å². The van der Waals surface area contributed by atoms with Gasteiger partial charge in [0, 0.05) is 30.0 Å². The number of nitrogen functional groups attached to an aromatic ring is 1. The van der Waals surface area contributed by atoms with E-state index in [0.29, 0.717) is 17.5 Å². The minimum atomic E-state index is -4.13. The van der Waals surface area contributed by atoms with Gasteiger partial charge in [0.1, 0.15) is 12.2 Å². The van der Waals surface area contributed by atoms with Crippen molar-refractivity contribution >= 4 is 61.2 Å². The number of thiazole rings is 1. The lowest BCUT2D eigenvalue weighted by Crippen LogP contribution is -2.43. The zero-order valence-electron chi connectivity index (χ0n) is 21.7. The number of nitrogens with zero attached hydrogens (tertiary/aromatic N) is 3. The van der Waals surface area contributed by atoms with Crippen LogP contribution in [-0.4, -0.2) is 48.2 Å². The first kappa shape index (κ1) is 29.2. The lowest BCUT2D eigenvalue weighted by molar-refractivity contribution is -0.122. The van der Waals surface area contributed by atoms with Crippen molar-refractivity contribution < 1.29 is 18.0 Å². The van der Waals surface area contributed by atoms with Crippen LogP contribution in [0.15, 0.2) is 81.0 Å². The van der Waals surface area contributed by atoms with Crippen LogP contribution in [0.2, 0.25) is 0 Å². The normalized spacial score (nSPS) is 12.0. The number of hydrogen-bond acceptors (Lipinski definition) is 9. The largest absolute Gasteiger partial charge is 0.399 e. The molecular formula is C26H28N8O5S2. The third-order valence-electron chi connectivity index (χ3n) is 5.96. The summed E-state index contributed by atoms with van der Waals surface area (Å²) in [5, 5.41) is 5.93. The van der Waals surface area contributed by atoms with Crippen molar-refractivity contribution in [3.8, 4) is 0 Å². The van der Waals surface area contributed by atoms with E-state index in [1.165, 1.54) is 36.7 Å². The van der Waals surface area contributed by atoms with Gasteiger partial charge in [0.2, 0.25) is 11.7 Å². The predicted octanol–water partition coefficient (Wildman–Crippen LogP) is 1.26. The number of carbonyl (C=O) groups excluding carboxylic acids is 2. The van der Waals surface area contributed by atoms with Crippen molar-refractivity contribution in [2.75, 3.05) is 17.0 Å². The number of aromatic nitrogens is 2. The average molecular weight is 597 g/mol. The number of guanidine groups is 1. The predicted molar refractivity (Wildman–Crippen MR) is 158 cm³/mol. The Morgan fingerprint density at radius 3 is 2.59 bits per heavy atom. The second-order valence-electron chi connectivity index (χ2n) is 9.00. The summed E-state index contributed by atoms with van der Waals surface area (Å²) in [4.78, 5) is 46.8. The van der Waals surface area contributed by atoms with Gasteiger partial charge in [-0.25, -0.2) is 13.4 Å². The molecule has 4 aromatic rings. The van der Waals surface area contributed by atoms with E-state index in [4.69, 9.17) is 17.2 Å². The quantitative estimate of drug-likeness (QED) is 0.0522. The van der Waals surface area contributed by atoms with Crippen molar-refractivity contribution in [1.82, 2.24) is 14.9 Å². The summed E-state index contributed by atoms with van der Waals surface area (Å²) in [5.74, 6) is -1.10. The molecule has 1 amide bonds. The monoisotopic (exact) mass is 596 g/mol. The first-order valence-corrected chi connectivity index (χ1v) is 14.7. The van der Waals surface area contributed by atoms with E-state index in [1.807, 2.05) is 0 Å². The van der Waals surface area contributed by atoms with E-state index in [2.05, 4.69) is 20.0 Å². The summed E-state index contributed by atoms with van der Waals surface area (Å²) in [6.07, 6.45) is 3.46. The first-order valence-electron chi connectivity index (χ1n) is 12.3. The van der Waals surface area contributed by atoms with Crippen molar-refractivity contribution in [3.63, 3.8) is 0 Å². The molecule has 0 spiro atoms. The van der Waals surface area contributed by atoms with E-state index in [-0.39, 0.29) is 40.3 Å². The summed E-state index contributed by atoms with van der Waals surface area (Å²) < 4.78 is 29.5. The highest BCUT2D eigenvalue weighted by atomic mass is 32.2. The molecule has 0 aliphatic carbocycles. The zero-order chi connectivity index (χ0) is 29.6. The molecule has 1 atom stereocenters. The number of nitrogens with one attached hydrogen (secondary N) is 2. The number of pyridine rings is 1. The van der Waals surface area contributed by atoms with Crippen LogP contribution in [0.4, 0.5) is 11.4 Å². The molecule has 2 aromatic carbocycles. The van der Waals surface area contributed by atoms with Crippen molar-refractivity contribution in [1.29, 1.82) is 0 Å². The van der Waals surface area contributed by atoms with E-state index in [9.17, 15) is 22.8 Å². The van der Waals surface area contributed by atoms with Crippen LogP contribution in [0.5, 0.6) is 0 Å². The van der Waals surface area contributed by atoms with Gasteiger partial charge < -0.3 is 27.1 Å². The summed E-state index contributed by atoms with van der Waals surface area (Å²) >= 11 is 1.14. The van der Waals surface area contributed by atoms with Crippen LogP contribution < -0.4 is 32.8 Å². The average Bonchev–Trinajstić information content (AvgIpc) is 3.47. The van der Waals surface area contributed by atoms with E-state index in [0.717, 1.165) is 21.3 Å². The molecule has 214 valence electrons. The number of anilines is 2. The van der Waals surface area contributed by atoms with Crippen LogP contribution in [0.3, 0.4) is 0 Å². The van der Waals surface area contributed by atoms with Crippen molar-refractivity contribution in [2.45, 2.75) is 30.3 Å². The minimum Gasteiger partial charge on any atom is -0.399 e. The molecular weight excluding hydrogens is 568 g/mol. The number of Topliss-reactive ketones (excluding diaryl/α,β-unsaturated/α-hetero) is 1. The molecule has 2 heterocycles. The smallest absolute Gasteiger partial charge is 0.275 e. The minimum absolute atomic E-state index is 0.0495. The number of carbonyl (C=O) groups is 2. The van der Waals surface area contributed by atoms with Gasteiger partial charge in [0.25, 0.3) is 15.6 Å². The molecule has 4 rings (SSSR count). The van der Waals surface area contributed by atoms with Gasteiger partial charge in [-0.05, 0) is 60.0 Å². The van der Waals surface area contributed by atoms with Gasteiger partial charge in [-0.3, -0.25) is 24.1 Å². The molecule has 13 nitrogen and oxygen atoms in total. The molecule has 0 aliphatic rings. The number of benzene rings is 2. The second-order valence-corrected chi connectivity index (χ2v) is 11.6. The highest BCUT2D eigenvalue weighted by Crippen LogP contribution is 2.22. The number of ketones is 1. The molecule has 0 unspecified atom stereocenters. The third kappa shape index (κ3) is 7.46. The number of sulfonamides is 1. The molecule has 0 saturated carbocycles. The molecule has 15 heteroatoms. The summed E-state index contributed by atoms with van der Waals surface area (Å²) in [5.41, 5.74) is 16.0. The van der Waals surface area contributed by atoms with Crippen molar-refractivity contribution in [2.24, 2.45) is 16.5 Å². The van der Waals surface area contributed by atoms with E-state index < -0.39 is 34.1 Å². The van der Waals surface area contributed by atoms with Crippen LogP contribution in [0.1, 0.15) is 22.6 Å². The number of hydrogen-bond donors (Lipinski definition) is 5. The molecule has 41 heavy (non-hydrogen) atoms. The Hall–Kier alpha value is -4.76. The van der Waals surface area contributed by atoms with Gasteiger partial charge in [-0.2, -0.15) is 0 Å². The third-order valence-corrected chi connectivity index (χ3v) is 8.12. The maximum atomic E-state index is 13.1. The Kier molecular flexibility index (Phi) is 8.99. The van der Waals surface area contributed by atoms with Gasteiger partial charge in [0.05, 0.1) is 10.9 Å². The maximum Gasteiger partial charge on any atom is 0.275 e. The van der Waals surface area contributed by atoms with Gasteiger partial charge in [-0.1, -0.05) is 12.1 Å². The van der Waals surface area contributed by atoms with Crippen LogP contribution in [0, 0.1) is 0 Å². The lowest BCUT2D eigenvalue weighted by atomic mass is 10.1. The Bertz CT molecular complexity index is 1760. The Morgan fingerprint density at radius 2 is 1.85 bits per heavy atom. The number of aliphatic imine (C=N–C) groups is 1. The standard InChI is InChI=1S/C26H28N8O5S2/c27-18-7-5-17-14-19(8-6-16(17)13-18)41(38,39)33-21-4-2-11-34(25(21)37)15-22(35)32-20(3-1-9-31-26(28)29)23(36)24-30-10-12-40-24/h2,4-8,10-14,20,33H,1,3,9,15,27H2,(H,32,35)(H4,28,29,31)/t20-/m0/s1. The molecule has 0 saturated heterocycles. The van der Waals surface area contributed by atoms with Gasteiger partial charge in [0.15, 0.2) is 11.0 Å². The molecule has 0 fully saturated rings. The number of fused-ring (bicyclic) bond motifs is 1. The second kappa shape index (κ2) is 12.6.